The number of imide groups is 1. The fourth-order valence-corrected chi connectivity index (χ4v) is 3.95. The summed E-state index contributed by atoms with van der Waals surface area (Å²) in [5.74, 6) is -0.999. The van der Waals surface area contributed by atoms with Gasteiger partial charge in [0.05, 0.1) is 16.8 Å². The van der Waals surface area contributed by atoms with Crippen molar-refractivity contribution in [2.24, 2.45) is 0 Å². The number of carbonyl (C=O) groups is 3. The summed E-state index contributed by atoms with van der Waals surface area (Å²) in [6, 6.07) is 16.5. The minimum absolute atomic E-state index is 0.106. The minimum atomic E-state index is -0.379. The van der Waals surface area contributed by atoms with E-state index in [9.17, 15) is 14.4 Å². The Balaban J connectivity index is 1.24. The van der Waals surface area contributed by atoms with Crippen LogP contribution in [-0.2, 0) is 16.1 Å². The van der Waals surface area contributed by atoms with Crippen molar-refractivity contribution in [1.82, 2.24) is 9.88 Å². The molecule has 0 unspecified atom stereocenters. The molecule has 0 saturated heterocycles. The van der Waals surface area contributed by atoms with E-state index in [1.54, 1.807) is 24.3 Å². The highest BCUT2D eigenvalue weighted by Crippen LogP contribution is 2.24. The predicted octanol–water partition coefficient (Wildman–Crippen LogP) is 3.93. The highest BCUT2D eigenvalue weighted by atomic mass is 32.1. The summed E-state index contributed by atoms with van der Waals surface area (Å²) < 4.78 is 5.27. The molecule has 2 amide bonds. The van der Waals surface area contributed by atoms with Crippen LogP contribution in [0.1, 0.15) is 39.3 Å². The summed E-state index contributed by atoms with van der Waals surface area (Å²) in [6.45, 7) is 0.297. The SMILES string of the molecule is O=C(CCCN1C(=O)c2ccccc2C1=O)OCc1csc(-c2ccccc2)n1. The van der Waals surface area contributed by atoms with Crippen LogP contribution in [0.5, 0.6) is 0 Å². The molecular weight excluding hydrogens is 388 g/mol. The second kappa shape index (κ2) is 8.36. The fraction of sp³-hybridized carbons (Fsp3) is 0.182. The number of thiazole rings is 1. The topological polar surface area (TPSA) is 76.6 Å². The molecule has 1 aliphatic rings. The monoisotopic (exact) mass is 406 g/mol. The molecule has 0 saturated carbocycles. The maximum atomic E-state index is 12.3. The molecule has 2 aromatic carbocycles. The highest BCUT2D eigenvalue weighted by molar-refractivity contribution is 7.13. The molecule has 6 nitrogen and oxygen atoms in total. The van der Waals surface area contributed by atoms with Gasteiger partial charge in [0.25, 0.3) is 11.8 Å². The molecule has 0 atom stereocenters. The van der Waals surface area contributed by atoms with Crippen LogP contribution < -0.4 is 0 Å². The minimum Gasteiger partial charge on any atom is -0.459 e. The summed E-state index contributed by atoms with van der Waals surface area (Å²) in [7, 11) is 0. The molecular formula is C22H18N2O4S. The maximum Gasteiger partial charge on any atom is 0.306 e. The lowest BCUT2D eigenvalue weighted by Gasteiger charge is -2.13. The first-order valence-electron chi connectivity index (χ1n) is 9.24. The lowest BCUT2D eigenvalue weighted by atomic mass is 10.1. The normalized spacial score (nSPS) is 12.9. The van der Waals surface area contributed by atoms with Gasteiger partial charge in [0.2, 0.25) is 0 Å². The van der Waals surface area contributed by atoms with Crippen LogP contribution in [0.4, 0.5) is 0 Å². The Morgan fingerprint density at radius 3 is 2.31 bits per heavy atom. The summed E-state index contributed by atoms with van der Waals surface area (Å²) >= 11 is 1.50. The van der Waals surface area contributed by atoms with E-state index < -0.39 is 0 Å². The van der Waals surface area contributed by atoms with Crippen molar-refractivity contribution in [1.29, 1.82) is 0 Å². The first-order chi connectivity index (χ1) is 14.1. The van der Waals surface area contributed by atoms with Gasteiger partial charge < -0.3 is 4.74 Å². The van der Waals surface area contributed by atoms with Crippen LogP contribution >= 0.6 is 11.3 Å². The average Bonchev–Trinajstić information content (AvgIpc) is 3.32. The van der Waals surface area contributed by atoms with Crippen molar-refractivity contribution in [2.45, 2.75) is 19.4 Å². The number of carbonyl (C=O) groups excluding carboxylic acids is 3. The summed E-state index contributed by atoms with van der Waals surface area (Å²) in [5, 5.41) is 2.75. The molecule has 0 N–H and O–H groups in total. The zero-order chi connectivity index (χ0) is 20.2. The van der Waals surface area contributed by atoms with Gasteiger partial charge in [0.15, 0.2) is 0 Å². The molecule has 146 valence electrons. The van der Waals surface area contributed by atoms with Crippen LogP contribution in [-0.4, -0.2) is 34.2 Å². The van der Waals surface area contributed by atoms with E-state index in [4.69, 9.17) is 4.74 Å². The number of benzene rings is 2. The van der Waals surface area contributed by atoms with Crippen molar-refractivity contribution in [3.8, 4) is 10.6 Å². The molecule has 3 aromatic rings. The first kappa shape index (κ1) is 19.0. The van der Waals surface area contributed by atoms with Gasteiger partial charge in [0.1, 0.15) is 11.6 Å². The molecule has 0 spiro atoms. The zero-order valence-electron chi connectivity index (χ0n) is 15.5. The van der Waals surface area contributed by atoms with Crippen molar-refractivity contribution in [3.63, 3.8) is 0 Å². The van der Waals surface area contributed by atoms with E-state index in [0.29, 0.717) is 23.2 Å². The smallest absolute Gasteiger partial charge is 0.306 e. The summed E-state index contributed by atoms with van der Waals surface area (Å²) in [6.07, 6.45) is 0.486. The van der Waals surface area contributed by atoms with Gasteiger partial charge in [-0.15, -0.1) is 11.3 Å². The van der Waals surface area contributed by atoms with Gasteiger partial charge in [-0.1, -0.05) is 42.5 Å². The molecule has 4 rings (SSSR count). The van der Waals surface area contributed by atoms with Crippen molar-refractivity contribution < 1.29 is 19.1 Å². The molecule has 29 heavy (non-hydrogen) atoms. The number of ether oxygens (including phenoxy) is 1. The van der Waals surface area contributed by atoms with E-state index in [0.717, 1.165) is 10.6 Å². The number of esters is 1. The van der Waals surface area contributed by atoms with Gasteiger partial charge in [-0.2, -0.15) is 0 Å². The number of amides is 2. The number of hydrogen-bond acceptors (Lipinski definition) is 6. The van der Waals surface area contributed by atoms with Gasteiger partial charge >= 0.3 is 5.97 Å². The Hall–Kier alpha value is -3.32. The van der Waals surface area contributed by atoms with Gasteiger partial charge in [-0.05, 0) is 18.6 Å². The van der Waals surface area contributed by atoms with Crippen LogP contribution in [0.2, 0.25) is 0 Å². The number of rotatable bonds is 7. The van der Waals surface area contributed by atoms with E-state index in [-0.39, 0.29) is 37.4 Å². The number of fused-ring (bicyclic) bond motifs is 1. The van der Waals surface area contributed by atoms with E-state index in [1.165, 1.54) is 16.2 Å². The summed E-state index contributed by atoms with van der Waals surface area (Å²) in [4.78, 5) is 42.3. The lowest BCUT2D eigenvalue weighted by Crippen LogP contribution is -2.31. The Bertz CT molecular complexity index is 1030. The van der Waals surface area contributed by atoms with Crippen molar-refractivity contribution >= 4 is 29.1 Å². The quantitative estimate of drug-likeness (QED) is 0.439. The number of aromatic nitrogens is 1. The van der Waals surface area contributed by atoms with Crippen molar-refractivity contribution in [3.05, 3.63) is 76.8 Å². The molecule has 0 bridgehead atoms. The molecule has 0 radical (unpaired) electrons. The fourth-order valence-electron chi connectivity index (χ4n) is 3.14. The van der Waals surface area contributed by atoms with Crippen LogP contribution in [0, 0.1) is 0 Å². The Kier molecular flexibility index (Phi) is 5.48. The Labute approximate surface area is 171 Å². The third-order valence-corrected chi connectivity index (χ3v) is 5.53. The van der Waals surface area contributed by atoms with Crippen LogP contribution in [0.25, 0.3) is 10.6 Å². The molecule has 0 aliphatic carbocycles. The van der Waals surface area contributed by atoms with E-state index in [1.807, 2.05) is 35.7 Å². The third kappa shape index (κ3) is 4.09. The number of hydrogen-bond donors (Lipinski definition) is 0. The van der Waals surface area contributed by atoms with E-state index >= 15 is 0 Å². The first-order valence-corrected chi connectivity index (χ1v) is 10.1. The second-order valence-electron chi connectivity index (χ2n) is 6.58. The second-order valence-corrected chi connectivity index (χ2v) is 7.44. The lowest BCUT2D eigenvalue weighted by molar-refractivity contribution is -0.145. The standard InChI is InChI=1S/C22H18N2O4S/c25-19(28-13-16-14-29-20(23-16)15-7-2-1-3-8-15)11-6-12-24-21(26)17-9-4-5-10-18(17)22(24)27/h1-5,7-10,14H,6,11-13H2. The zero-order valence-corrected chi connectivity index (χ0v) is 16.4. The maximum absolute atomic E-state index is 12.3. The highest BCUT2D eigenvalue weighted by Gasteiger charge is 2.34. The molecule has 7 heteroatoms. The Morgan fingerprint density at radius 2 is 1.62 bits per heavy atom. The number of nitrogens with zero attached hydrogens (tertiary/aromatic N) is 2. The van der Waals surface area contributed by atoms with Crippen LogP contribution in [0.3, 0.4) is 0 Å². The summed E-state index contributed by atoms with van der Waals surface area (Å²) in [5.41, 5.74) is 2.55. The predicted molar refractivity (Wildman–Crippen MR) is 108 cm³/mol. The van der Waals surface area contributed by atoms with Crippen molar-refractivity contribution in [2.75, 3.05) is 6.54 Å². The Morgan fingerprint density at radius 1 is 0.966 bits per heavy atom. The molecule has 1 aromatic heterocycles. The molecule has 0 fully saturated rings. The van der Waals surface area contributed by atoms with Gasteiger partial charge in [-0.25, -0.2) is 4.98 Å². The van der Waals surface area contributed by atoms with Crippen LogP contribution in [0.15, 0.2) is 60.0 Å². The largest absolute Gasteiger partial charge is 0.459 e. The van der Waals surface area contributed by atoms with E-state index in [2.05, 4.69) is 4.98 Å². The van der Waals surface area contributed by atoms with Gasteiger partial charge in [-0.3, -0.25) is 19.3 Å². The average molecular weight is 406 g/mol. The third-order valence-electron chi connectivity index (χ3n) is 4.59. The molecule has 1 aliphatic heterocycles. The molecule has 2 heterocycles. The van der Waals surface area contributed by atoms with Gasteiger partial charge in [0, 0.05) is 23.9 Å².